The lowest BCUT2D eigenvalue weighted by atomic mass is 9.92. The van der Waals surface area contributed by atoms with Crippen LogP contribution >= 0.6 is 8.58 Å². The van der Waals surface area contributed by atoms with Crippen LogP contribution in [0, 0.1) is 20.8 Å². The molecule has 0 N–H and O–H groups in total. The molecule has 0 bridgehead atoms. The maximum atomic E-state index is 13.6. The lowest BCUT2D eigenvalue weighted by molar-refractivity contribution is -0.136. The van der Waals surface area contributed by atoms with E-state index in [9.17, 15) is 13.2 Å². The molecule has 2 atom stereocenters. The van der Waals surface area contributed by atoms with Gasteiger partial charge in [-0.3, -0.25) is 0 Å². The summed E-state index contributed by atoms with van der Waals surface area (Å²) in [6, 6.07) is 8.64. The van der Waals surface area contributed by atoms with E-state index in [-0.39, 0.29) is 15.4 Å². The van der Waals surface area contributed by atoms with Crippen molar-refractivity contribution in [1.29, 1.82) is 0 Å². The number of benzene rings is 2. The van der Waals surface area contributed by atoms with Gasteiger partial charge in [0.2, 0.25) is 0 Å². The summed E-state index contributed by atoms with van der Waals surface area (Å²) >= 11 is 0. The molecule has 28 heavy (non-hydrogen) atoms. The van der Waals surface area contributed by atoms with E-state index in [0.29, 0.717) is 23.0 Å². The zero-order valence-corrected chi connectivity index (χ0v) is 18.3. The second-order valence-corrected chi connectivity index (χ2v) is 9.26. The van der Waals surface area contributed by atoms with Gasteiger partial charge in [0.05, 0.1) is 5.56 Å². The van der Waals surface area contributed by atoms with Crippen molar-refractivity contribution in [2.75, 3.05) is 13.9 Å². The highest BCUT2D eigenvalue weighted by Gasteiger charge is 2.37. The molecule has 2 aromatic carbocycles. The molecule has 0 aliphatic carbocycles. The number of methoxy groups -OCH3 is 1. The fraction of sp³-hybridized carbons (Fsp3) is 0.455. The summed E-state index contributed by atoms with van der Waals surface area (Å²) in [5.41, 5.74) is 3.00. The molecule has 2 rings (SSSR count). The first-order valence-electron chi connectivity index (χ1n) is 9.21. The molecule has 6 heteroatoms. The SMILES string of the molecule is CCC(C)(Pc1ccc(C)cc1C(F)(F)F)c1cc(C)cc(C)c1OCOC. The van der Waals surface area contributed by atoms with Gasteiger partial charge in [-0.1, -0.05) is 57.8 Å². The molecule has 2 nitrogen and oxygen atoms in total. The van der Waals surface area contributed by atoms with E-state index in [0.717, 1.165) is 16.7 Å². The van der Waals surface area contributed by atoms with Crippen LogP contribution in [0.25, 0.3) is 0 Å². The van der Waals surface area contributed by atoms with Crippen molar-refractivity contribution in [3.8, 4) is 5.75 Å². The minimum absolute atomic E-state index is 0.0519. The van der Waals surface area contributed by atoms with E-state index in [2.05, 4.69) is 0 Å². The van der Waals surface area contributed by atoms with Crippen LogP contribution in [0.3, 0.4) is 0 Å². The third-order valence-corrected chi connectivity index (χ3v) is 6.81. The Kier molecular flexibility index (Phi) is 7.17. The number of alkyl halides is 3. The summed E-state index contributed by atoms with van der Waals surface area (Å²) in [4.78, 5) is 0. The molecular weight excluding hydrogens is 384 g/mol. The first kappa shape index (κ1) is 22.7. The Labute approximate surface area is 167 Å². The van der Waals surface area contributed by atoms with Gasteiger partial charge in [-0.25, -0.2) is 0 Å². The summed E-state index contributed by atoms with van der Waals surface area (Å²) in [6.45, 7) is 9.74. The van der Waals surface area contributed by atoms with Gasteiger partial charge in [0.25, 0.3) is 0 Å². The van der Waals surface area contributed by atoms with Gasteiger partial charge in [0.1, 0.15) is 5.75 Å². The molecule has 0 amide bonds. The molecule has 0 aliphatic heterocycles. The summed E-state index contributed by atoms with van der Waals surface area (Å²) in [5.74, 6) is 0.699. The predicted octanol–water partition coefficient (Wildman–Crippen LogP) is 6.24. The smallest absolute Gasteiger partial charge is 0.417 e. The van der Waals surface area contributed by atoms with Crippen LogP contribution in [0.5, 0.6) is 5.75 Å². The molecule has 0 saturated heterocycles. The van der Waals surface area contributed by atoms with Crippen molar-refractivity contribution in [3.63, 3.8) is 0 Å². The van der Waals surface area contributed by atoms with Crippen molar-refractivity contribution in [3.05, 3.63) is 58.1 Å². The predicted molar refractivity (Wildman–Crippen MR) is 110 cm³/mol. The number of aryl methyl sites for hydroxylation is 3. The molecule has 0 aliphatic rings. The van der Waals surface area contributed by atoms with Crippen molar-refractivity contribution >= 4 is 13.9 Å². The maximum Gasteiger partial charge on any atom is 0.417 e. The topological polar surface area (TPSA) is 18.5 Å². The second-order valence-electron chi connectivity index (χ2n) is 7.37. The van der Waals surface area contributed by atoms with E-state index in [1.807, 2.05) is 39.8 Å². The Hall–Kier alpha value is -1.58. The van der Waals surface area contributed by atoms with E-state index >= 15 is 0 Å². The van der Waals surface area contributed by atoms with Crippen molar-refractivity contribution in [1.82, 2.24) is 0 Å². The van der Waals surface area contributed by atoms with Gasteiger partial charge in [0, 0.05) is 17.8 Å². The molecule has 0 saturated carbocycles. The number of hydrogen-bond acceptors (Lipinski definition) is 2. The van der Waals surface area contributed by atoms with Gasteiger partial charge < -0.3 is 9.47 Å². The first-order valence-corrected chi connectivity index (χ1v) is 10.2. The molecule has 2 unspecified atom stereocenters. The van der Waals surface area contributed by atoms with Crippen LogP contribution in [0.4, 0.5) is 13.2 Å². The number of hydrogen-bond donors (Lipinski definition) is 0. The largest absolute Gasteiger partial charge is 0.467 e. The Bertz CT molecular complexity index is 833. The normalized spacial score (nSPS) is 14.5. The van der Waals surface area contributed by atoms with Crippen LogP contribution in [-0.2, 0) is 16.1 Å². The van der Waals surface area contributed by atoms with Crippen molar-refractivity contribution in [2.24, 2.45) is 0 Å². The summed E-state index contributed by atoms with van der Waals surface area (Å²) in [7, 11) is 1.50. The minimum atomic E-state index is -4.37. The third-order valence-electron chi connectivity index (χ3n) is 4.93. The summed E-state index contributed by atoms with van der Waals surface area (Å²) in [5, 5.41) is -0.158. The Morgan fingerprint density at radius 2 is 1.61 bits per heavy atom. The van der Waals surface area contributed by atoms with Gasteiger partial charge >= 0.3 is 6.18 Å². The zero-order valence-electron chi connectivity index (χ0n) is 17.3. The molecule has 0 aromatic heterocycles. The fourth-order valence-electron chi connectivity index (χ4n) is 3.32. The van der Waals surface area contributed by atoms with Gasteiger partial charge in [-0.15, -0.1) is 0 Å². The molecule has 0 heterocycles. The molecule has 0 radical (unpaired) electrons. The van der Waals surface area contributed by atoms with E-state index in [4.69, 9.17) is 9.47 Å². The summed E-state index contributed by atoms with van der Waals surface area (Å²) in [6.07, 6.45) is -3.69. The van der Waals surface area contributed by atoms with Crippen LogP contribution in [0.2, 0.25) is 0 Å². The average molecular weight is 412 g/mol. The Balaban J connectivity index is 2.59. The standard InChI is InChI=1S/C22H28F3O2P/c1-7-21(5,18-12-15(3)10-16(4)20(18)27-13-26-6)28-19-9-8-14(2)11-17(19)22(23,24)25/h8-12,28H,7,13H2,1-6H3. The number of ether oxygens (including phenoxy) is 2. The van der Waals surface area contributed by atoms with Crippen molar-refractivity contribution < 1.29 is 22.6 Å². The average Bonchev–Trinajstić information content (AvgIpc) is 2.61. The highest BCUT2D eigenvalue weighted by molar-refractivity contribution is 7.48. The first-order chi connectivity index (χ1) is 13.0. The lowest BCUT2D eigenvalue weighted by Crippen LogP contribution is -2.24. The number of rotatable bonds is 7. The zero-order chi connectivity index (χ0) is 21.1. The minimum Gasteiger partial charge on any atom is -0.467 e. The highest BCUT2D eigenvalue weighted by Crippen LogP contribution is 2.49. The molecule has 2 aromatic rings. The summed E-state index contributed by atoms with van der Waals surface area (Å²) < 4.78 is 51.8. The van der Waals surface area contributed by atoms with Gasteiger partial charge in [-0.2, -0.15) is 13.2 Å². The Morgan fingerprint density at radius 3 is 2.18 bits per heavy atom. The van der Waals surface area contributed by atoms with Crippen LogP contribution in [0.15, 0.2) is 30.3 Å². The van der Waals surface area contributed by atoms with E-state index in [1.54, 1.807) is 26.2 Å². The monoisotopic (exact) mass is 412 g/mol. The molecule has 0 fully saturated rings. The second kappa shape index (κ2) is 8.84. The third kappa shape index (κ3) is 5.07. The number of halogens is 3. The van der Waals surface area contributed by atoms with E-state index in [1.165, 1.54) is 6.07 Å². The van der Waals surface area contributed by atoms with Crippen molar-refractivity contribution in [2.45, 2.75) is 52.4 Å². The Morgan fingerprint density at radius 1 is 0.964 bits per heavy atom. The highest BCUT2D eigenvalue weighted by atomic mass is 31.1. The fourth-order valence-corrected chi connectivity index (χ4v) is 4.93. The van der Waals surface area contributed by atoms with Crippen LogP contribution in [0.1, 0.15) is 48.1 Å². The van der Waals surface area contributed by atoms with Gasteiger partial charge in [0.15, 0.2) is 6.79 Å². The molecule has 0 spiro atoms. The van der Waals surface area contributed by atoms with Crippen LogP contribution in [-0.4, -0.2) is 13.9 Å². The maximum absolute atomic E-state index is 13.6. The lowest BCUT2D eigenvalue weighted by Gasteiger charge is -2.33. The van der Waals surface area contributed by atoms with Gasteiger partial charge in [-0.05, 0) is 44.1 Å². The van der Waals surface area contributed by atoms with E-state index < -0.39 is 16.9 Å². The molecular formula is C22H28F3O2P. The van der Waals surface area contributed by atoms with Crippen LogP contribution < -0.4 is 10.0 Å². The quantitative estimate of drug-likeness (QED) is 0.396. The molecule has 154 valence electrons.